The zero-order valence-corrected chi connectivity index (χ0v) is 13.6. The summed E-state index contributed by atoms with van der Waals surface area (Å²) in [6, 6.07) is 8.76. The summed E-state index contributed by atoms with van der Waals surface area (Å²) in [5.74, 6) is 0.538. The highest BCUT2D eigenvalue weighted by molar-refractivity contribution is 6.09. The molecule has 5 heteroatoms. The van der Waals surface area contributed by atoms with E-state index in [9.17, 15) is 5.26 Å². The molecule has 0 aliphatic carbocycles. The quantitative estimate of drug-likeness (QED) is 0.799. The monoisotopic (exact) mass is 321 g/mol. The second-order valence-electron chi connectivity index (χ2n) is 6.24. The van der Waals surface area contributed by atoms with Crippen LogP contribution in [0.5, 0.6) is 0 Å². The summed E-state index contributed by atoms with van der Waals surface area (Å²) in [5.41, 5.74) is 4.63. The number of hydrogen-bond donors (Lipinski definition) is 1. The van der Waals surface area contributed by atoms with E-state index in [1.165, 1.54) is 5.56 Å². The fourth-order valence-corrected chi connectivity index (χ4v) is 3.64. The summed E-state index contributed by atoms with van der Waals surface area (Å²) in [5, 5.41) is 11.6. The van der Waals surface area contributed by atoms with E-state index in [4.69, 9.17) is 9.47 Å². The standard InChI is InChI=1S/C19H19N3O2/c1-23-11-15-17(9-20)21-10-18-19(15)14-8-13(2-3-16(14)22-18)12-4-6-24-7-5-12/h2-3,8,10,12,22H,4-7,11H2,1H3. The van der Waals surface area contributed by atoms with Gasteiger partial charge in [-0.3, -0.25) is 0 Å². The first-order chi connectivity index (χ1) is 11.8. The summed E-state index contributed by atoms with van der Waals surface area (Å²) in [6.45, 7) is 2.03. The summed E-state index contributed by atoms with van der Waals surface area (Å²) >= 11 is 0. The zero-order chi connectivity index (χ0) is 16.5. The maximum Gasteiger partial charge on any atom is 0.146 e. The van der Waals surface area contributed by atoms with Crippen molar-refractivity contribution in [2.24, 2.45) is 0 Å². The molecule has 5 nitrogen and oxygen atoms in total. The van der Waals surface area contributed by atoms with Crippen molar-refractivity contribution in [1.29, 1.82) is 5.26 Å². The molecule has 0 atom stereocenters. The molecule has 0 bridgehead atoms. The van der Waals surface area contributed by atoms with E-state index in [0.717, 1.165) is 53.4 Å². The highest BCUT2D eigenvalue weighted by Crippen LogP contribution is 2.34. The molecule has 1 fully saturated rings. The van der Waals surface area contributed by atoms with Gasteiger partial charge in [0.1, 0.15) is 11.8 Å². The highest BCUT2D eigenvalue weighted by atomic mass is 16.5. The van der Waals surface area contributed by atoms with Crippen LogP contribution < -0.4 is 0 Å². The van der Waals surface area contributed by atoms with E-state index in [-0.39, 0.29) is 0 Å². The lowest BCUT2D eigenvalue weighted by Crippen LogP contribution is -2.13. The summed E-state index contributed by atoms with van der Waals surface area (Å²) < 4.78 is 10.8. The first-order valence-corrected chi connectivity index (χ1v) is 8.22. The van der Waals surface area contributed by atoms with E-state index < -0.39 is 0 Å². The molecule has 0 unspecified atom stereocenters. The Labute approximate surface area is 140 Å². The lowest BCUT2D eigenvalue weighted by Gasteiger charge is -2.22. The number of benzene rings is 1. The Morgan fingerprint density at radius 2 is 2.17 bits per heavy atom. The van der Waals surface area contributed by atoms with Crippen molar-refractivity contribution >= 4 is 21.8 Å². The number of fused-ring (bicyclic) bond motifs is 3. The number of H-pyrrole nitrogens is 1. The molecule has 24 heavy (non-hydrogen) atoms. The third-order valence-corrected chi connectivity index (χ3v) is 4.85. The molecule has 1 aliphatic heterocycles. The fraction of sp³-hybridized carbons (Fsp3) is 0.368. The molecule has 0 saturated carbocycles. The number of nitrogens with zero attached hydrogens (tertiary/aromatic N) is 2. The first-order valence-electron chi connectivity index (χ1n) is 8.22. The highest BCUT2D eigenvalue weighted by Gasteiger charge is 2.19. The predicted octanol–water partition coefficient (Wildman–Crippen LogP) is 3.63. The van der Waals surface area contributed by atoms with Crippen LogP contribution >= 0.6 is 0 Å². The largest absolute Gasteiger partial charge is 0.381 e. The molecular formula is C19H19N3O2. The van der Waals surface area contributed by atoms with E-state index in [1.54, 1.807) is 13.3 Å². The number of nitrogens with one attached hydrogen (secondary N) is 1. The third kappa shape index (κ3) is 2.44. The van der Waals surface area contributed by atoms with Crippen molar-refractivity contribution in [1.82, 2.24) is 9.97 Å². The summed E-state index contributed by atoms with van der Waals surface area (Å²) in [7, 11) is 1.64. The maximum atomic E-state index is 9.38. The molecule has 1 aromatic carbocycles. The van der Waals surface area contributed by atoms with Crippen LogP contribution in [0.2, 0.25) is 0 Å². The molecule has 0 spiro atoms. The van der Waals surface area contributed by atoms with E-state index in [0.29, 0.717) is 18.2 Å². The molecule has 122 valence electrons. The minimum Gasteiger partial charge on any atom is -0.381 e. The maximum absolute atomic E-state index is 9.38. The van der Waals surface area contributed by atoms with Gasteiger partial charge in [-0.25, -0.2) is 4.98 Å². The van der Waals surface area contributed by atoms with Crippen LogP contribution in [0.1, 0.15) is 35.6 Å². The smallest absolute Gasteiger partial charge is 0.146 e. The molecule has 0 radical (unpaired) electrons. The van der Waals surface area contributed by atoms with Crippen molar-refractivity contribution in [2.75, 3.05) is 20.3 Å². The topological polar surface area (TPSA) is 70.9 Å². The van der Waals surface area contributed by atoms with Crippen molar-refractivity contribution in [3.05, 3.63) is 41.2 Å². The SMILES string of the molecule is COCc1c(C#N)ncc2[nH]c3ccc(C4CCOCC4)cc3c12. The third-order valence-electron chi connectivity index (χ3n) is 4.85. The van der Waals surface area contributed by atoms with Gasteiger partial charge in [-0.15, -0.1) is 0 Å². The Balaban J connectivity index is 1.93. The van der Waals surface area contributed by atoms with Crippen molar-refractivity contribution in [3.63, 3.8) is 0 Å². The van der Waals surface area contributed by atoms with Crippen LogP contribution in [0.15, 0.2) is 24.4 Å². The minimum absolute atomic E-state index is 0.377. The number of rotatable bonds is 3. The lowest BCUT2D eigenvalue weighted by atomic mass is 9.90. The van der Waals surface area contributed by atoms with Gasteiger partial charge in [0.15, 0.2) is 0 Å². The number of methoxy groups -OCH3 is 1. The minimum atomic E-state index is 0.377. The van der Waals surface area contributed by atoms with Crippen molar-refractivity contribution < 1.29 is 9.47 Å². The first kappa shape index (κ1) is 15.1. The van der Waals surface area contributed by atoms with Crippen LogP contribution in [-0.2, 0) is 16.1 Å². The lowest BCUT2D eigenvalue weighted by molar-refractivity contribution is 0.0853. The normalized spacial score (nSPS) is 15.8. The molecular weight excluding hydrogens is 302 g/mol. The Kier molecular flexibility index (Phi) is 3.93. The van der Waals surface area contributed by atoms with E-state index in [1.807, 2.05) is 0 Å². The van der Waals surface area contributed by atoms with Crippen molar-refractivity contribution in [3.8, 4) is 6.07 Å². The Hall–Kier alpha value is -2.42. The molecule has 1 saturated heterocycles. The number of aromatic amines is 1. The second kappa shape index (κ2) is 6.23. The van der Waals surface area contributed by atoms with E-state index >= 15 is 0 Å². The van der Waals surface area contributed by atoms with Gasteiger partial charge in [-0.05, 0) is 36.5 Å². The van der Waals surface area contributed by atoms with E-state index in [2.05, 4.69) is 34.2 Å². The van der Waals surface area contributed by atoms with Crippen LogP contribution in [0.3, 0.4) is 0 Å². The molecule has 4 rings (SSSR count). The number of nitriles is 1. The average molecular weight is 321 g/mol. The van der Waals surface area contributed by atoms with Gasteiger partial charge in [0.05, 0.1) is 18.3 Å². The number of aromatic nitrogens is 2. The Morgan fingerprint density at radius 1 is 1.33 bits per heavy atom. The molecule has 1 N–H and O–H groups in total. The zero-order valence-electron chi connectivity index (χ0n) is 13.6. The van der Waals surface area contributed by atoms with Gasteiger partial charge < -0.3 is 14.5 Å². The average Bonchev–Trinajstić information content (AvgIpc) is 3.01. The van der Waals surface area contributed by atoms with Gasteiger partial charge in [-0.2, -0.15) is 5.26 Å². The number of hydrogen-bond acceptors (Lipinski definition) is 4. The van der Waals surface area contributed by atoms with Crippen LogP contribution in [-0.4, -0.2) is 30.3 Å². The van der Waals surface area contributed by atoms with Crippen LogP contribution in [0.4, 0.5) is 0 Å². The summed E-state index contributed by atoms with van der Waals surface area (Å²) in [6.07, 6.45) is 3.86. The van der Waals surface area contributed by atoms with Gasteiger partial charge in [0, 0.05) is 42.2 Å². The number of pyridine rings is 1. The summed E-state index contributed by atoms with van der Waals surface area (Å²) in [4.78, 5) is 7.67. The molecule has 3 heterocycles. The molecule has 3 aromatic rings. The van der Waals surface area contributed by atoms with Gasteiger partial charge in [0.2, 0.25) is 0 Å². The fourth-order valence-electron chi connectivity index (χ4n) is 3.64. The van der Waals surface area contributed by atoms with Gasteiger partial charge in [0.25, 0.3) is 0 Å². The molecule has 1 aliphatic rings. The Bertz CT molecular complexity index is 933. The predicted molar refractivity (Wildman–Crippen MR) is 91.8 cm³/mol. The Morgan fingerprint density at radius 3 is 2.92 bits per heavy atom. The van der Waals surface area contributed by atoms with Gasteiger partial charge >= 0.3 is 0 Å². The van der Waals surface area contributed by atoms with Crippen LogP contribution in [0.25, 0.3) is 21.8 Å². The van der Waals surface area contributed by atoms with Gasteiger partial charge in [-0.1, -0.05) is 6.07 Å². The van der Waals surface area contributed by atoms with Crippen LogP contribution in [0, 0.1) is 11.3 Å². The number of ether oxygens (including phenoxy) is 2. The molecule has 0 amide bonds. The molecule has 2 aromatic heterocycles. The second-order valence-corrected chi connectivity index (χ2v) is 6.24. The van der Waals surface area contributed by atoms with Crippen molar-refractivity contribution in [2.45, 2.75) is 25.4 Å².